The molecule has 1 atom stereocenters. The summed E-state index contributed by atoms with van der Waals surface area (Å²) >= 11 is 0. The predicted octanol–water partition coefficient (Wildman–Crippen LogP) is 3.16. The number of aromatic amines is 1. The molecule has 2 aromatic carbocycles. The van der Waals surface area contributed by atoms with Crippen molar-refractivity contribution in [3.05, 3.63) is 81.8 Å². The van der Waals surface area contributed by atoms with Gasteiger partial charge in [-0.25, -0.2) is 4.68 Å². The summed E-state index contributed by atoms with van der Waals surface area (Å²) < 4.78 is 7.24. The largest absolute Gasteiger partial charge is 0.492 e. The standard InChI is InChI=1S/C24H27N3O3/c1-17-7-11-19(12-8-17)27-24(29)21-13-9-18(10-14-22(21)26-27)23(28)25-15-16-30-20-5-3-2-4-6-20/h2-8,11-12,18,26H,9-10,13-16H2,1H3,(H,25,28). The van der Waals surface area contributed by atoms with E-state index in [-0.39, 0.29) is 17.4 Å². The fourth-order valence-electron chi connectivity index (χ4n) is 3.91. The number of para-hydroxylation sites is 1. The lowest BCUT2D eigenvalue weighted by Crippen LogP contribution is -2.34. The van der Waals surface area contributed by atoms with E-state index < -0.39 is 0 Å². The number of nitrogens with one attached hydrogen (secondary N) is 2. The highest BCUT2D eigenvalue weighted by Crippen LogP contribution is 2.23. The van der Waals surface area contributed by atoms with Crippen LogP contribution in [-0.4, -0.2) is 28.8 Å². The number of aromatic nitrogens is 2. The number of rotatable bonds is 6. The molecule has 1 aliphatic rings. The number of ether oxygens (including phenoxy) is 1. The number of hydrogen-bond donors (Lipinski definition) is 2. The summed E-state index contributed by atoms with van der Waals surface area (Å²) in [6.07, 6.45) is 2.72. The highest BCUT2D eigenvalue weighted by molar-refractivity contribution is 5.78. The Morgan fingerprint density at radius 1 is 1.10 bits per heavy atom. The molecule has 4 rings (SSSR count). The second kappa shape index (κ2) is 9.03. The van der Waals surface area contributed by atoms with Gasteiger partial charge >= 0.3 is 0 Å². The first-order valence-corrected chi connectivity index (χ1v) is 10.5. The van der Waals surface area contributed by atoms with Crippen molar-refractivity contribution in [2.24, 2.45) is 5.92 Å². The van der Waals surface area contributed by atoms with Gasteiger partial charge in [0.25, 0.3) is 5.56 Å². The number of hydrogen-bond acceptors (Lipinski definition) is 3. The van der Waals surface area contributed by atoms with Crippen LogP contribution in [0, 0.1) is 12.8 Å². The lowest BCUT2D eigenvalue weighted by molar-refractivity contribution is -0.125. The third-order valence-electron chi connectivity index (χ3n) is 5.63. The molecule has 0 bridgehead atoms. The minimum Gasteiger partial charge on any atom is -0.492 e. The van der Waals surface area contributed by atoms with Gasteiger partial charge in [-0.1, -0.05) is 35.9 Å². The SMILES string of the molecule is Cc1ccc(-n2[nH]c3c(c2=O)CCC(C(=O)NCCOc2ccccc2)CC3)cc1. The molecule has 30 heavy (non-hydrogen) atoms. The van der Waals surface area contributed by atoms with E-state index >= 15 is 0 Å². The maximum Gasteiger partial charge on any atom is 0.274 e. The van der Waals surface area contributed by atoms with Crippen molar-refractivity contribution < 1.29 is 9.53 Å². The van der Waals surface area contributed by atoms with E-state index in [9.17, 15) is 9.59 Å². The molecular weight excluding hydrogens is 378 g/mol. The van der Waals surface area contributed by atoms with E-state index in [2.05, 4.69) is 10.4 Å². The van der Waals surface area contributed by atoms with Crippen LogP contribution in [0.3, 0.4) is 0 Å². The van der Waals surface area contributed by atoms with Crippen molar-refractivity contribution in [3.63, 3.8) is 0 Å². The van der Waals surface area contributed by atoms with E-state index in [1.54, 1.807) is 4.68 Å². The van der Waals surface area contributed by atoms with Crippen LogP contribution in [0.25, 0.3) is 5.69 Å². The zero-order valence-electron chi connectivity index (χ0n) is 17.2. The van der Waals surface area contributed by atoms with Crippen LogP contribution in [0.5, 0.6) is 5.75 Å². The van der Waals surface area contributed by atoms with Crippen LogP contribution in [0.4, 0.5) is 0 Å². The fraction of sp³-hybridized carbons (Fsp3) is 0.333. The number of amides is 1. The molecule has 2 N–H and O–H groups in total. The van der Waals surface area contributed by atoms with Crippen LogP contribution >= 0.6 is 0 Å². The van der Waals surface area contributed by atoms with Crippen LogP contribution in [-0.2, 0) is 17.6 Å². The molecule has 0 saturated carbocycles. The number of carbonyl (C=O) groups is 1. The lowest BCUT2D eigenvalue weighted by atomic mass is 9.99. The molecule has 3 aromatic rings. The van der Waals surface area contributed by atoms with Crippen molar-refractivity contribution in [2.45, 2.75) is 32.6 Å². The van der Waals surface area contributed by atoms with Crippen molar-refractivity contribution in [2.75, 3.05) is 13.2 Å². The fourth-order valence-corrected chi connectivity index (χ4v) is 3.91. The molecule has 0 spiro atoms. The maximum absolute atomic E-state index is 12.9. The first-order valence-electron chi connectivity index (χ1n) is 10.5. The highest BCUT2D eigenvalue weighted by Gasteiger charge is 2.26. The zero-order valence-corrected chi connectivity index (χ0v) is 17.2. The third kappa shape index (κ3) is 4.48. The average Bonchev–Trinajstić information content (AvgIpc) is 2.94. The summed E-state index contributed by atoms with van der Waals surface area (Å²) in [7, 11) is 0. The Labute approximate surface area is 175 Å². The van der Waals surface area contributed by atoms with Gasteiger partial charge in [-0.3, -0.25) is 14.7 Å². The van der Waals surface area contributed by atoms with Gasteiger partial charge in [-0.15, -0.1) is 0 Å². The molecule has 0 aliphatic heterocycles. The monoisotopic (exact) mass is 405 g/mol. The van der Waals surface area contributed by atoms with Crippen LogP contribution in [0.1, 0.15) is 29.7 Å². The molecule has 156 valence electrons. The Morgan fingerprint density at radius 3 is 2.60 bits per heavy atom. The Hall–Kier alpha value is -3.28. The number of aryl methyl sites for hydroxylation is 2. The number of H-pyrrole nitrogens is 1. The summed E-state index contributed by atoms with van der Waals surface area (Å²) in [6, 6.07) is 17.4. The molecule has 6 heteroatoms. The molecule has 0 saturated heterocycles. The van der Waals surface area contributed by atoms with E-state index in [1.807, 2.05) is 61.5 Å². The van der Waals surface area contributed by atoms with E-state index in [0.29, 0.717) is 32.4 Å². The summed E-state index contributed by atoms with van der Waals surface area (Å²) in [5.41, 5.74) is 3.74. The first kappa shape index (κ1) is 20.0. The first-order chi connectivity index (χ1) is 14.6. The quantitative estimate of drug-likeness (QED) is 0.489. The van der Waals surface area contributed by atoms with E-state index in [0.717, 1.165) is 34.7 Å². The van der Waals surface area contributed by atoms with Crippen molar-refractivity contribution in [3.8, 4) is 11.4 Å². The van der Waals surface area contributed by atoms with Crippen molar-refractivity contribution in [1.82, 2.24) is 15.1 Å². The van der Waals surface area contributed by atoms with Gasteiger partial charge in [0, 0.05) is 17.2 Å². The Balaban J connectivity index is 1.32. The van der Waals surface area contributed by atoms with E-state index in [1.165, 1.54) is 0 Å². The van der Waals surface area contributed by atoms with Gasteiger partial charge in [0.05, 0.1) is 12.2 Å². The molecular formula is C24H27N3O3. The molecule has 1 amide bonds. The van der Waals surface area contributed by atoms with Crippen LogP contribution in [0.15, 0.2) is 59.4 Å². The van der Waals surface area contributed by atoms with Crippen molar-refractivity contribution >= 4 is 5.91 Å². The Bertz CT molecular complexity index is 1050. The Morgan fingerprint density at radius 2 is 1.83 bits per heavy atom. The maximum atomic E-state index is 12.9. The zero-order chi connectivity index (χ0) is 20.9. The number of benzene rings is 2. The van der Waals surface area contributed by atoms with Gasteiger partial charge in [0.2, 0.25) is 5.91 Å². The number of fused-ring (bicyclic) bond motifs is 1. The van der Waals surface area contributed by atoms with Gasteiger partial charge in [-0.2, -0.15) is 0 Å². The van der Waals surface area contributed by atoms with Crippen LogP contribution < -0.4 is 15.6 Å². The minimum atomic E-state index is -0.0882. The third-order valence-corrected chi connectivity index (χ3v) is 5.63. The second-order valence-corrected chi connectivity index (χ2v) is 7.77. The molecule has 0 radical (unpaired) electrons. The molecule has 0 fully saturated rings. The number of nitrogens with zero attached hydrogens (tertiary/aromatic N) is 1. The smallest absolute Gasteiger partial charge is 0.274 e. The lowest BCUT2D eigenvalue weighted by Gasteiger charge is -2.14. The predicted molar refractivity (Wildman–Crippen MR) is 116 cm³/mol. The minimum absolute atomic E-state index is 0.00817. The summed E-state index contributed by atoms with van der Waals surface area (Å²) in [5.74, 6) is 0.745. The molecule has 6 nitrogen and oxygen atoms in total. The highest BCUT2D eigenvalue weighted by atomic mass is 16.5. The molecule has 1 aliphatic carbocycles. The van der Waals surface area contributed by atoms with Crippen LogP contribution in [0.2, 0.25) is 0 Å². The van der Waals surface area contributed by atoms with Gasteiger partial charge in [0.15, 0.2) is 0 Å². The summed E-state index contributed by atoms with van der Waals surface area (Å²) in [4.78, 5) is 25.5. The Kier molecular flexibility index (Phi) is 6.02. The van der Waals surface area contributed by atoms with Gasteiger partial charge < -0.3 is 10.1 Å². The molecule has 1 aromatic heterocycles. The normalized spacial score (nSPS) is 15.8. The summed E-state index contributed by atoms with van der Waals surface area (Å²) in [5, 5.41) is 6.23. The topological polar surface area (TPSA) is 76.1 Å². The molecule has 1 unspecified atom stereocenters. The second-order valence-electron chi connectivity index (χ2n) is 7.77. The van der Waals surface area contributed by atoms with E-state index in [4.69, 9.17) is 4.74 Å². The van der Waals surface area contributed by atoms with Crippen molar-refractivity contribution in [1.29, 1.82) is 0 Å². The summed E-state index contributed by atoms with van der Waals surface area (Å²) in [6.45, 7) is 2.92. The van der Waals surface area contributed by atoms with Gasteiger partial charge in [-0.05, 0) is 56.9 Å². The average molecular weight is 405 g/mol. The molecule has 1 heterocycles. The number of carbonyl (C=O) groups excluding carboxylic acids is 1. The van der Waals surface area contributed by atoms with Gasteiger partial charge in [0.1, 0.15) is 12.4 Å².